The summed E-state index contributed by atoms with van der Waals surface area (Å²) in [6.45, 7) is 0. The molecule has 1 aromatic rings. The van der Waals surface area contributed by atoms with Gasteiger partial charge in [0.25, 0.3) is 0 Å². The zero-order valence-corrected chi connectivity index (χ0v) is 10.6. The number of rotatable bonds is 2. The molecule has 1 fully saturated rings. The molecule has 0 aliphatic heterocycles. The van der Waals surface area contributed by atoms with Gasteiger partial charge in [-0.1, -0.05) is 0 Å². The molecule has 1 aliphatic rings. The van der Waals surface area contributed by atoms with E-state index in [-0.39, 0.29) is 5.91 Å². The van der Waals surface area contributed by atoms with Crippen LogP contribution in [0.4, 0.5) is 0 Å². The molecule has 0 saturated heterocycles. The maximum absolute atomic E-state index is 11.7. The van der Waals surface area contributed by atoms with Gasteiger partial charge in [0, 0.05) is 0 Å². The molecular weight excluding hydrogens is 251 g/mol. The number of hydrogen-bond acceptors (Lipinski definition) is 2. The second-order valence-corrected chi connectivity index (χ2v) is 4.97. The number of benzene rings is 1. The second-order valence-electron chi connectivity index (χ2n) is 3.66. The molecule has 4 heteroatoms. The molecule has 1 N–H and O–H groups in total. The Labute approximate surface area is 97.0 Å². The van der Waals surface area contributed by atoms with Crippen molar-refractivity contribution >= 4 is 27.1 Å². The SMILES string of the molecule is N#Cc1ccc(C(=O)NC2CC2)cc1[AsH2]. The Morgan fingerprint density at radius 2 is 2.27 bits per heavy atom. The number of nitriles is 1. The van der Waals surface area contributed by atoms with Gasteiger partial charge >= 0.3 is 96.8 Å². The Balaban J connectivity index is 2.18. The molecule has 1 aromatic carbocycles. The molecule has 1 saturated carbocycles. The monoisotopic (exact) mass is 262 g/mol. The van der Waals surface area contributed by atoms with Crippen molar-refractivity contribution < 1.29 is 4.79 Å². The summed E-state index contributed by atoms with van der Waals surface area (Å²) in [6.07, 6.45) is 2.18. The van der Waals surface area contributed by atoms with Gasteiger partial charge in [0.05, 0.1) is 0 Å². The van der Waals surface area contributed by atoms with Gasteiger partial charge in [0.2, 0.25) is 0 Å². The van der Waals surface area contributed by atoms with Crippen LogP contribution in [0.15, 0.2) is 18.2 Å². The van der Waals surface area contributed by atoms with Gasteiger partial charge < -0.3 is 0 Å². The Hall–Kier alpha value is -1.26. The molecule has 0 radical (unpaired) electrons. The second kappa shape index (κ2) is 4.08. The van der Waals surface area contributed by atoms with Crippen molar-refractivity contribution in [2.75, 3.05) is 0 Å². The Morgan fingerprint density at radius 1 is 1.53 bits per heavy atom. The minimum absolute atomic E-state index is 0.0270. The summed E-state index contributed by atoms with van der Waals surface area (Å²) in [5.41, 5.74) is 1.30. The first kappa shape index (κ1) is 10.3. The molecule has 1 atom stereocenters. The molecular formula is C11H11AsN2O. The fourth-order valence-electron chi connectivity index (χ4n) is 1.30. The van der Waals surface area contributed by atoms with Crippen LogP contribution in [-0.4, -0.2) is 28.8 Å². The van der Waals surface area contributed by atoms with E-state index in [0.29, 0.717) is 17.2 Å². The quantitative estimate of drug-likeness (QED) is 0.744. The summed E-state index contributed by atoms with van der Waals surface area (Å²) in [5.74, 6) is -0.0270. The van der Waals surface area contributed by atoms with Crippen LogP contribution in [0.25, 0.3) is 0 Å². The van der Waals surface area contributed by atoms with E-state index in [1.165, 1.54) is 16.9 Å². The van der Waals surface area contributed by atoms with Gasteiger partial charge in [0.15, 0.2) is 0 Å². The van der Waals surface area contributed by atoms with Gasteiger partial charge in [-0.2, -0.15) is 0 Å². The van der Waals surface area contributed by atoms with E-state index in [1.807, 2.05) is 0 Å². The Morgan fingerprint density at radius 3 is 2.80 bits per heavy atom. The number of nitrogens with one attached hydrogen (secondary N) is 1. The van der Waals surface area contributed by atoms with Gasteiger partial charge in [0.1, 0.15) is 0 Å². The summed E-state index contributed by atoms with van der Waals surface area (Å²) in [4.78, 5) is 11.7. The molecule has 1 aliphatic carbocycles. The molecule has 0 heterocycles. The first-order valence-corrected chi connectivity index (χ1v) is 6.02. The molecule has 0 bridgehead atoms. The van der Waals surface area contributed by atoms with Crippen LogP contribution >= 0.6 is 0 Å². The third kappa shape index (κ3) is 2.40. The predicted octanol–water partition coefficient (Wildman–Crippen LogP) is -0.291. The maximum atomic E-state index is 11.7. The van der Waals surface area contributed by atoms with Gasteiger partial charge in [-0.15, -0.1) is 0 Å². The van der Waals surface area contributed by atoms with E-state index < -0.39 is 0 Å². The average Bonchev–Trinajstić information content (AvgIpc) is 3.01. The summed E-state index contributed by atoms with van der Waals surface area (Å²) in [7, 11) is 0. The topological polar surface area (TPSA) is 52.9 Å². The van der Waals surface area contributed by atoms with E-state index in [4.69, 9.17) is 5.26 Å². The van der Waals surface area contributed by atoms with Crippen molar-refractivity contribution in [3.63, 3.8) is 0 Å². The van der Waals surface area contributed by atoms with Crippen LogP contribution in [-0.2, 0) is 0 Å². The van der Waals surface area contributed by atoms with Crippen LogP contribution in [0.5, 0.6) is 0 Å². The number of carbonyl (C=O) groups is 1. The minimum atomic E-state index is -0.0270. The first-order valence-electron chi connectivity index (χ1n) is 4.81. The van der Waals surface area contributed by atoms with Crippen LogP contribution in [0, 0.1) is 11.3 Å². The summed E-state index contributed by atoms with van der Waals surface area (Å²) in [5, 5.41) is 11.7. The third-order valence-electron chi connectivity index (χ3n) is 2.35. The molecule has 76 valence electrons. The van der Waals surface area contributed by atoms with E-state index in [0.717, 1.165) is 17.2 Å². The zero-order valence-electron chi connectivity index (χ0n) is 8.16. The molecule has 3 nitrogen and oxygen atoms in total. The molecule has 1 unspecified atom stereocenters. The van der Waals surface area contributed by atoms with Crippen molar-refractivity contribution in [1.82, 2.24) is 5.32 Å². The fourth-order valence-corrected chi connectivity index (χ4v) is 2.02. The van der Waals surface area contributed by atoms with Crippen molar-refractivity contribution in [3.8, 4) is 6.07 Å². The molecule has 0 spiro atoms. The summed E-state index contributed by atoms with van der Waals surface area (Å²) < 4.78 is 0.911. The number of hydrogen-bond donors (Lipinski definition) is 1. The van der Waals surface area contributed by atoms with E-state index in [2.05, 4.69) is 11.4 Å². The van der Waals surface area contributed by atoms with Crippen molar-refractivity contribution in [1.29, 1.82) is 5.26 Å². The van der Waals surface area contributed by atoms with Crippen LogP contribution in [0.3, 0.4) is 0 Å². The Bertz CT molecular complexity index is 446. The number of carbonyl (C=O) groups excluding carboxylic acids is 1. The normalized spacial score (nSPS) is 14.4. The van der Waals surface area contributed by atoms with Crippen molar-refractivity contribution in [2.45, 2.75) is 18.9 Å². The van der Waals surface area contributed by atoms with Gasteiger partial charge in [-0.05, 0) is 0 Å². The molecule has 2 rings (SSSR count). The predicted molar refractivity (Wildman–Crippen MR) is 59.8 cm³/mol. The standard InChI is InChI=1S/C11H11AsN2O/c12-10-5-7(1-2-8(10)6-13)11(15)14-9-3-4-9/h1-2,5,9H,3-4,12H2,(H,14,15). The van der Waals surface area contributed by atoms with Gasteiger partial charge in [-0.25, -0.2) is 0 Å². The zero-order chi connectivity index (χ0) is 10.8. The molecule has 1 amide bonds. The summed E-state index contributed by atoms with van der Waals surface area (Å²) >= 11 is 1.37. The van der Waals surface area contributed by atoms with Crippen molar-refractivity contribution in [3.05, 3.63) is 29.3 Å². The van der Waals surface area contributed by atoms with E-state index in [9.17, 15) is 4.79 Å². The average molecular weight is 262 g/mol. The van der Waals surface area contributed by atoms with Gasteiger partial charge in [-0.3, -0.25) is 0 Å². The number of nitrogens with zero attached hydrogens (tertiary/aromatic N) is 1. The van der Waals surface area contributed by atoms with Crippen LogP contribution in [0.1, 0.15) is 28.8 Å². The van der Waals surface area contributed by atoms with E-state index in [1.54, 1.807) is 18.2 Å². The third-order valence-corrected chi connectivity index (χ3v) is 3.35. The fraction of sp³-hybridized carbons (Fsp3) is 0.273. The molecule has 15 heavy (non-hydrogen) atoms. The van der Waals surface area contributed by atoms with E-state index >= 15 is 0 Å². The van der Waals surface area contributed by atoms with Crippen LogP contribution < -0.4 is 9.67 Å². The summed E-state index contributed by atoms with van der Waals surface area (Å²) in [6, 6.07) is 7.68. The Kier molecular flexibility index (Phi) is 2.79. The molecule has 0 aromatic heterocycles. The van der Waals surface area contributed by atoms with Crippen molar-refractivity contribution in [2.24, 2.45) is 0 Å². The van der Waals surface area contributed by atoms with Crippen LogP contribution in [0.2, 0.25) is 0 Å². The first-order chi connectivity index (χ1) is 7.20. The number of amides is 1.